The lowest BCUT2D eigenvalue weighted by molar-refractivity contribution is 0.0920. The first kappa shape index (κ1) is 17.2. The number of amides is 1. The van der Waals surface area contributed by atoms with Crippen molar-refractivity contribution < 1.29 is 9.53 Å². The molecular formula is C18H26N6O2. The van der Waals surface area contributed by atoms with Gasteiger partial charge in [0.1, 0.15) is 18.1 Å². The number of rotatable bonds is 6. The molecular weight excluding hydrogens is 332 g/mol. The largest absolute Gasteiger partial charge is 0.377 e. The van der Waals surface area contributed by atoms with E-state index in [0.29, 0.717) is 36.6 Å². The van der Waals surface area contributed by atoms with Crippen molar-refractivity contribution in [2.45, 2.75) is 64.8 Å². The van der Waals surface area contributed by atoms with Gasteiger partial charge < -0.3 is 10.1 Å². The van der Waals surface area contributed by atoms with Crippen LogP contribution in [0.1, 0.15) is 60.1 Å². The van der Waals surface area contributed by atoms with E-state index in [0.717, 1.165) is 24.4 Å². The molecule has 4 rings (SSSR count). The van der Waals surface area contributed by atoms with Crippen LogP contribution in [0.4, 0.5) is 0 Å². The van der Waals surface area contributed by atoms with Gasteiger partial charge in [0.15, 0.2) is 5.82 Å². The van der Waals surface area contributed by atoms with Gasteiger partial charge in [-0.05, 0) is 45.1 Å². The maximum atomic E-state index is 12.7. The Balaban J connectivity index is 1.41. The molecule has 0 saturated heterocycles. The molecule has 1 fully saturated rings. The molecule has 2 aromatic rings. The van der Waals surface area contributed by atoms with Crippen LogP contribution < -0.4 is 5.32 Å². The van der Waals surface area contributed by atoms with Crippen molar-refractivity contribution in [1.29, 1.82) is 0 Å². The number of methoxy groups -OCH3 is 1. The Morgan fingerprint density at radius 2 is 2.19 bits per heavy atom. The van der Waals surface area contributed by atoms with Crippen LogP contribution >= 0.6 is 0 Å². The first-order valence-electron chi connectivity index (χ1n) is 9.33. The van der Waals surface area contributed by atoms with Gasteiger partial charge in [0, 0.05) is 25.3 Å². The molecule has 2 atom stereocenters. The van der Waals surface area contributed by atoms with Gasteiger partial charge >= 0.3 is 0 Å². The van der Waals surface area contributed by atoms with Crippen molar-refractivity contribution in [1.82, 2.24) is 29.9 Å². The average molecular weight is 358 g/mol. The van der Waals surface area contributed by atoms with E-state index >= 15 is 0 Å². The smallest absolute Gasteiger partial charge is 0.272 e. The van der Waals surface area contributed by atoms with Crippen LogP contribution in [0.3, 0.4) is 0 Å². The Morgan fingerprint density at radius 3 is 2.92 bits per heavy atom. The van der Waals surface area contributed by atoms with Crippen LogP contribution in [0.2, 0.25) is 0 Å². The Hall–Kier alpha value is -2.22. The van der Waals surface area contributed by atoms with E-state index in [1.165, 1.54) is 12.8 Å². The van der Waals surface area contributed by atoms with E-state index < -0.39 is 0 Å². The number of aromatic nitrogens is 5. The summed E-state index contributed by atoms with van der Waals surface area (Å²) in [6.07, 6.45) is 4.17. The molecule has 3 heterocycles. The minimum Gasteiger partial charge on any atom is -0.377 e. The number of ether oxygens (including phenoxy) is 1. The lowest BCUT2D eigenvalue weighted by Crippen LogP contribution is -2.41. The molecule has 1 aliphatic carbocycles. The Morgan fingerprint density at radius 1 is 1.38 bits per heavy atom. The Labute approximate surface area is 152 Å². The van der Waals surface area contributed by atoms with Crippen LogP contribution in [0, 0.1) is 12.8 Å². The van der Waals surface area contributed by atoms with Crippen molar-refractivity contribution in [3.63, 3.8) is 0 Å². The number of fused-ring (bicyclic) bond motifs is 1. The Kier molecular flexibility index (Phi) is 4.52. The zero-order valence-electron chi connectivity index (χ0n) is 15.6. The third-order valence-corrected chi connectivity index (χ3v) is 5.36. The van der Waals surface area contributed by atoms with E-state index in [9.17, 15) is 4.79 Å². The lowest BCUT2D eigenvalue weighted by Gasteiger charge is -2.23. The maximum Gasteiger partial charge on any atom is 0.272 e. The highest BCUT2D eigenvalue weighted by Crippen LogP contribution is 2.39. The van der Waals surface area contributed by atoms with Crippen LogP contribution in [-0.4, -0.2) is 43.6 Å². The normalized spacial score (nSPS) is 20.7. The highest BCUT2D eigenvalue weighted by Gasteiger charge is 2.31. The third kappa shape index (κ3) is 3.38. The molecule has 2 aliphatic rings. The fourth-order valence-electron chi connectivity index (χ4n) is 3.72. The summed E-state index contributed by atoms with van der Waals surface area (Å²) in [6.45, 7) is 5.25. The van der Waals surface area contributed by atoms with E-state index in [4.69, 9.17) is 4.74 Å². The van der Waals surface area contributed by atoms with Crippen LogP contribution in [0.25, 0.3) is 0 Å². The molecule has 8 nitrogen and oxygen atoms in total. The number of hydrogen-bond acceptors (Lipinski definition) is 5. The zero-order valence-corrected chi connectivity index (χ0v) is 15.6. The molecule has 0 aromatic carbocycles. The summed E-state index contributed by atoms with van der Waals surface area (Å²) >= 11 is 0. The number of hydrogen-bond donors (Lipinski definition) is 1. The van der Waals surface area contributed by atoms with Gasteiger partial charge in [-0.15, -0.1) is 0 Å². The van der Waals surface area contributed by atoms with Crippen molar-refractivity contribution in [2.24, 2.45) is 5.92 Å². The van der Waals surface area contributed by atoms with Crippen molar-refractivity contribution in [3.8, 4) is 0 Å². The summed E-state index contributed by atoms with van der Waals surface area (Å²) in [7, 11) is 1.63. The second-order valence-electron chi connectivity index (χ2n) is 7.46. The number of aryl methyl sites for hydroxylation is 2. The molecule has 1 N–H and O–H groups in total. The maximum absolute atomic E-state index is 12.7. The standard InChI is InChI=1S/C18H26N6O2/c1-11-8-15(21-24(11)12(2)13-4-5-13)18(25)19-14-6-7-17-20-16(10-26-3)22-23(17)9-14/h8,12-14H,4-7,9-10H2,1-3H3,(H,19,25). The number of nitrogens with zero attached hydrogens (tertiary/aromatic N) is 5. The minimum absolute atomic E-state index is 0.0402. The number of carbonyl (C=O) groups excluding carboxylic acids is 1. The Bertz CT molecular complexity index is 807. The molecule has 140 valence electrons. The summed E-state index contributed by atoms with van der Waals surface area (Å²) < 4.78 is 8.97. The number of carbonyl (C=O) groups is 1. The first-order valence-corrected chi connectivity index (χ1v) is 9.33. The molecule has 0 spiro atoms. The van der Waals surface area contributed by atoms with Gasteiger partial charge in [-0.3, -0.25) is 9.48 Å². The summed E-state index contributed by atoms with van der Waals surface area (Å²) in [6, 6.07) is 2.29. The second kappa shape index (κ2) is 6.83. The SMILES string of the molecule is COCc1nc2n(n1)CC(NC(=O)c1cc(C)n(C(C)C3CC3)n1)CC2. The molecule has 1 aliphatic heterocycles. The topological polar surface area (TPSA) is 86.9 Å². The fourth-order valence-corrected chi connectivity index (χ4v) is 3.72. The van der Waals surface area contributed by atoms with E-state index in [1.54, 1.807) is 7.11 Å². The molecule has 0 radical (unpaired) electrons. The van der Waals surface area contributed by atoms with Crippen molar-refractivity contribution >= 4 is 5.91 Å². The van der Waals surface area contributed by atoms with Gasteiger partial charge in [-0.2, -0.15) is 10.2 Å². The van der Waals surface area contributed by atoms with Gasteiger partial charge in [0.25, 0.3) is 5.91 Å². The van der Waals surface area contributed by atoms with Crippen molar-refractivity contribution in [3.05, 3.63) is 29.1 Å². The molecule has 8 heteroatoms. The van der Waals surface area contributed by atoms with Gasteiger partial charge in [-0.1, -0.05) is 0 Å². The number of nitrogens with one attached hydrogen (secondary N) is 1. The van der Waals surface area contributed by atoms with Crippen LogP contribution in [0.5, 0.6) is 0 Å². The average Bonchev–Trinajstić information content (AvgIpc) is 3.28. The fraction of sp³-hybridized carbons (Fsp3) is 0.667. The quantitative estimate of drug-likeness (QED) is 0.848. The molecule has 1 amide bonds. The van der Waals surface area contributed by atoms with Gasteiger partial charge in [-0.25, -0.2) is 9.67 Å². The highest BCUT2D eigenvalue weighted by molar-refractivity contribution is 5.92. The van der Waals surface area contributed by atoms with Crippen LogP contribution in [0.15, 0.2) is 6.07 Å². The summed E-state index contributed by atoms with van der Waals surface area (Å²) in [4.78, 5) is 17.1. The summed E-state index contributed by atoms with van der Waals surface area (Å²) in [5.41, 5.74) is 1.54. The van der Waals surface area contributed by atoms with Crippen molar-refractivity contribution in [2.75, 3.05) is 7.11 Å². The molecule has 1 saturated carbocycles. The highest BCUT2D eigenvalue weighted by atomic mass is 16.5. The lowest BCUT2D eigenvalue weighted by atomic mass is 10.1. The predicted molar refractivity (Wildman–Crippen MR) is 94.7 cm³/mol. The van der Waals surface area contributed by atoms with E-state index in [1.807, 2.05) is 22.4 Å². The summed E-state index contributed by atoms with van der Waals surface area (Å²) in [5, 5.41) is 12.1. The first-order chi connectivity index (χ1) is 12.5. The molecule has 0 bridgehead atoms. The second-order valence-corrected chi connectivity index (χ2v) is 7.46. The van der Waals surface area contributed by atoms with Crippen LogP contribution in [-0.2, 0) is 24.3 Å². The predicted octanol–water partition coefficient (Wildman–Crippen LogP) is 1.65. The monoisotopic (exact) mass is 358 g/mol. The minimum atomic E-state index is -0.111. The molecule has 26 heavy (non-hydrogen) atoms. The third-order valence-electron chi connectivity index (χ3n) is 5.36. The molecule has 2 unspecified atom stereocenters. The molecule has 2 aromatic heterocycles. The van der Waals surface area contributed by atoms with Gasteiger partial charge in [0.05, 0.1) is 12.6 Å². The zero-order chi connectivity index (χ0) is 18.3. The van der Waals surface area contributed by atoms with Gasteiger partial charge in [0.2, 0.25) is 0 Å². The van der Waals surface area contributed by atoms with E-state index in [-0.39, 0.29) is 11.9 Å². The van der Waals surface area contributed by atoms with E-state index in [2.05, 4.69) is 27.4 Å². The summed E-state index contributed by atoms with van der Waals surface area (Å²) in [5.74, 6) is 2.24.